The highest BCUT2D eigenvalue weighted by molar-refractivity contribution is 5.67. The Hall–Kier alpha value is -3.88. The first-order valence-electron chi connectivity index (χ1n) is 9.81. The molecule has 0 saturated carbocycles. The minimum Gasteiger partial charge on any atom is -0.489 e. The summed E-state index contributed by atoms with van der Waals surface area (Å²) in [4.78, 5) is 12.0. The second-order valence-corrected chi connectivity index (χ2v) is 7.37. The fraction of sp³-hybridized carbons (Fsp3) is 0.273. The number of hydrogen-bond acceptors (Lipinski definition) is 6. The highest BCUT2D eigenvalue weighted by Gasteiger charge is 2.16. The maximum atomic E-state index is 12.0. The Morgan fingerprint density at radius 3 is 2.55 bits per heavy atom. The Balaban J connectivity index is 1.61. The number of rotatable bonds is 6. The van der Waals surface area contributed by atoms with E-state index in [9.17, 15) is 4.79 Å². The van der Waals surface area contributed by atoms with Crippen LogP contribution in [0.2, 0.25) is 0 Å². The molecule has 0 bridgehead atoms. The van der Waals surface area contributed by atoms with E-state index in [2.05, 4.69) is 20.6 Å². The molecule has 2 aromatic carbocycles. The molecule has 31 heavy (non-hydrogen) atoms. The molecule has 9 heteroatoms. The molecule has 2 heterocycles. The summed E-state index contributed by atoms with van der Waals surface area (Å²) in [5.41, 5.74) is 5.95. The van der Waals surface area contributed by atoms with Crippen LogP contribution in [-0.4, -0.2) is 37.1 Å². The molecule has 0 amide bonds. The van der Waals surface area contributed by atoms with Crippen molar-refractivity contribution in [2.45, 2.75) is 27.4 Å². The van der Waals surface area contributed by atoms with E-state index in [1.54, 1.807) is 11.8 Å². The second-order valence-electron chi connectivity index (χ2n) is 7.37. The van der Waals surface area contributed by atoms with E-state index in [0.717, 1.165) is 45.1 Å². The molecule has 0 aliphatic carbocycles. The third kappa shape index (κ3) is 3.70. The lowest BCUT2D eigenvalue weighted by molar-refractivity contribution is 0.302. The van der Waals surface area contributed by atoms with Gasteiger partial charge in [-0.1, -0.05) is 12.1 Å². The topological polar surface area (TPSA) is 99.8 Å². The predicted octanol–water partition coefficient (Wildman–Crippen LogP) is 2.87. The standard InChI is InChI=1S/C22H24N6O3/c1-13-7-6-8-18(28-22(29)23-25-26-28)17(13)12-31-19-10-9-16(11-14(19)2)20-15(3)21(30-5)27(4)24-20/h6-11H,12H2,1-5H3,(H,23,26,29). The first kappa shape index (κ1) is 20.4. The van der Waals surface area contributed by atoms with Crippen LogP contribution in [0.4, 0.5) is 0 Å². The van der Waals surface area contributed by atoms with Gasteiger partial charge in [0.05, 0.1) is 18.5 Å². The van der Waals surface area contributed by atoms with E-state index in [1.807, 2.05) is 64.2 Å². The summed E-state index contributed by atoms with van der Waals surface area (Å²) >= 11 is 0. The van der Waals surface area contributed by atoms with Gasteiger partial charge in [0.1, 0.15) is 12.4 Å². The number of aromatic amines is 1. The molecule has 4 rings (SSSR count). The number of benzene rings is 2. The molecule has 0 unspecified atom stereocenters. The monoisotopic (exact) mass is 420 g/mol. The number of tetrazole rings is 1. The fourth-order valence-electron chi connectivity index (χ4n) is 3.71. The summed E-state index contributed by atoms with van der Waals surface area (Å²) in [6.07, 6.45) is 0. The van der Waals surface area contributed by atoms with E-state index in [1.165, 1.54) is 4.68 Å². The Labute approximate surface area is 179 Å². The molecule has 1 N–H and O–H groups in total. The molecule has 4 aromatic rings. The highest BCUT2D eigenvalue weighted by Crippen LogP contribution is 2.32. The number of methoxy groups -OCH3 is 1. The van der Waals surface area contributed by atoms with Crippen LogP contribution < -0.4 is 15.2 Å². The van der Waals surface area contributed by atoms with Gasteiger partial charge in [0, 0.05) is 23.7 Å². The normalized spacial score (nSPS) is 11.0. The lowest BCUT2D eigenvalue weighted by Crippen LogP contribution is -2.18. The molecule has 160 valence electrons. The summed E-state index contributed by atoms with van der Waals surface area (Å²) in [5.74, 6) is 1.49. The van der Waals surface area contributed by atoms with Crippen molar-refractivity contribution in [3.8, 4) is 28.6 Å². The lowest BCUT2D eigenvalue weighted by atomic mass is 10.0. The van der Waals surface area contributed by atoms with Crippen LogP contribution >= 0.6 is 0 Å². The Morgan fingerprint density at radius 1 is 1.10 bits per heavy atom. The van der Waals surface area contributed by atoms with Crippen LogP contribution in [-0.2, 0) is 13.7 Å². The summed E-state index contributed by atoms with van der Waals surface area (Å²) in [6.45, 7) is 6.25. The summed E-state index contributed by atoms with van der Waals surface area (Å²) in [5, 5.41) is 14.3. The molecule has 0 radical (unpaired) electrons. The first-order chi connectivity index (χ1) is 14.9. The maximum absolute atomic E-state index is 12.0. The molecule has 0 atom stereocenters. The number of hydrogen-bond donors (Lipinski definition) is 1. The van der Waals surface area contributed by atoms with E-state index >= 15 is 0 Å². The van der Waals surface area contributed by atoms with Crippen LogP contribution in [0.1, 0.15) is 22.3 Å². The van der Waals surface area contributed by atoms with Gasteiger partial charge in [0.15, 0.2) is 0 Å². The quantitative estimate of drug-likeness (QED) is 0.515. The van der Waals surface area contributed by atoms with Crippen molar-refractivity contribution < 1.29 is 9.47 Å². The van der Waals surface area contributed by atoms with Crippen LogP contribution in [0.5, 0.6) is 11.6 Å². The van der Waals surface area contributed by atoms with Gasteiger partial charge < -0.3 is 9.47 Å². The third-order valence-corrected chi connectivity index (χ3v) is 5.32. The van der Waals surface area contributed by atoms with E-state index < -0.39 is 5.69 Å². The van der Waals surface area contributed by atoms with Crippen molar-refractivity contribution in [3.63, 3.8) is 0 Å². The van der Waals surface area contributed by atoms with Crippen molar-refractivity contribution in [2.75, 3.05) is 7.11 Å². The zero-order chi connectivity index (χ0) is 22.1. The molecule has 0 aliphatic rings. The van der Waals surface area contributed by atoms with E-state index in [-0.39, 0.29) is 6.61 Å². The fourth-order valence-corrected chi connectivity index (χ4v) is 3.71. The number of aromatic nitrogens is 6. The van der Waals surface area contributed by atoms with Gasteiger partial charge >= 0.3 is 5.69 Å². The first-order valence-corrected chi connectivity index (χ1v) is 9.81. The van der Waals surface area contributed by atoms with Gasteiger partial charge in [0.2, 0.25) is 5.88 Å². The van der Waals surface area contributed by atoms with Crippen LogP contribution in [0.15, 0.2) is 41.2 Å². The van der Waals surface area contributed by atoms with Gasteiger partial charge in [-0.25, -0.2) is 14.6 Å². The molecular formula is C22H24N6O3. The molecule has 0 spiro atoms. The smallest absolute Gasteiger partial charge is 0.365 e. The summed E-state index contributed by atoms with van der Waals surface area (Å²) in [6, 6.07) is 11.6. The number of aryl methyl sites for hydroxylation is 3. The molecule has 0 saturated heterocycles. The van der Waals surface area contributed by atoms with E-state index in [4.69, 9.17) is 9.47 Å². The average molecular weight is 420 g/mol. The van der Waals surface area contributed by atoms with Crippen molar-refractivity contribution in [1.29, 1.82) is 0 Å². The Morgan fingerprint density at radius 2 is 1.90 bits per heavy atom. The van der Waals surface area contributed by atoms with Gasteiger partial charge in [-0.15, -0.1) is 0 Å². The second kappa shape index (κ2) is 8.10. The third-order valence-electron chi connectivity index (χ3n) is 5.32. The SMILES string of the molecule is COc1c(C)c(-c2ccc(OCc3c(C)cccc3-n3nn[nH]c3=O)c(C)c2)nn1C. The van der Waals surface area contributed by atoms with Crippen LogP contribution in [0.25, 0.3) is 16.9 Å². The largest absolute Gasteiger partial charge is 0.489 e. The van der Waals surface area contributed by atoms with Gasteiger partial charge in [-0.05, 0) is 66.6 Å². The highest BCUT2D eigenvalue weighted by atomic mass is 16.5. The van der Waals surface area contributed by atoms with Crippen LogP contribution in [0.3, 0.4) is 0 Å². The molecule has 0 fully saturated rings. The minimum absolute atomic E-state index is 0.290. The Kier molecular flexibility index (Phi) is 5.33. The maximum Gasteiger partial charge on any atom is 0.365 e. The average Bonchev–Trinajstić information content (AvgIpc) is 3.29. The van der Waals surface area contributed by atoms with Crippen molar-refractivity contribution in [2.24, 2.45) is 7.05 Å². The molecule has 0 aliphatic heterocycles. The summed E-state index contributed by atoms with van der Waals surface area (Å²) < 4.78 is 14.5. The van der Waals surface area contributed by atoms with E-state index in [0.29, 0.717) is 5.69 Å². The predicted molar refractivity (Wildman–Crippen MR) is 116 cm³/mol. The molecule has 9 nitrogen and oxygen atoms in total. The Bertz CT molecular complexity index is 1300. The zero-order valence-corrected chi connectivity index (χ0v) is 18.1. The molecular weight excluding hydrogens is 396 g/mol. The number of nitrogens with one attached hydrogen (secondary N) is 1. The number of ether oxygens (including phenoxy) is 2. The lowest BCUT2D eigenvalue weighted by Gasteiger charge is -2.14. The van der Waals surface area contributed by atoms with Gasteiger partial charge in [-0.3, -0.25) is 0 Å². The van der Waals surface area contributed by atoms with Crippen molar-refractivity contribution >= 4 is 0 Å². The summed E-state index contributed by atoms with van der Waals surface area (Å²) in [7, 11) is 3.50. The number of H-pyrrole nitrogens is 1. The number of nitrogens with zero attached hydrogens (tertiary/aromatic N) is 5. The minimum atomic E-state index is -0.395. The van der Waals surface area contributed by atoms with Crippen LogP contribution in [0, 0.1) is 20.8 Å². The van der Waals surface area contributed by atoms with Crippen molar-refractivity contribution in [1.82, 2.24) is 30.0 Å². The molecule has 2 aromatic heterocycles. The van der Waals surface area contributed by atoms with Gasteiger partial charge in [-0.2, -0.15) is 9.78 Å². The van der Waals surface area contributed by atoms with Crippen molar-refractivity contribution in [3.05, 3.63) is 69.1 Å². The zero-order valence-electron chi connectivity index (χ0n) is 18.1. The van der Waals surface area contributed by atoms with Gasteiger partial charge in [0.25, 0.3) is 0 Å².